The average molecular weight is 295 g/mol. The summed E-state index contributed by atoms with van der Waals surface area (Å²) < 4.78 is 10.5. The van der Waals surface area contributed by atoms with E-state index in [0.29, 0.717) is 11.5 Å². The summed E-state index contributed by atoms with van der Waals surface area (Å²) in [7, 11) is 0. The first-order valence-electron chi connectivity index (χ1n) is 6.68. The Hall–Kier alpha value is -3.08. The van der Waals surface area contributed by atoms with Crippen LogP contribution in [0.1, 0.15) is 11.1 Å². The fourth-order valence-corrected chi connectivity index (χ4v) is 1.89. The smallest absolute Gasteiger partial charge is 0.358 e. The van der Waals surface area contributed by atoms with Crippen LogP contribution >= 0.6 is 0 Å². The molecule has 110 valence electrons. The molecule has 1 aliphatic rings. The molecule has 2 aromatic carbocycles. The minimum absolute atomic E-state index is 0.217. The number of rotatable bonds is 4. The Balaban J connectivity index is 1.55. The predicted octanol–water partition coefficient (Wildman–Crippen LogP) is 3.01. The van der Waals surface area contributed by atoms with E-state index in [1.54, 1.807) is 24.3 Å². The van der Waals surface area contributed by atoms with E-state index in [1.807, 2.05) is 30.3 Å². The Morgan fingerprint density at radius 2 is 1.86 bits per heavy atom. The van der Waals surface area contributed by atoms with E-state index in [1.165, 1.54) is 12.3 Å². The Labute approximate surface area is 127 Å². The Kier molecular flexibility index (Phi) is 4.15. The minimum Gasteiger partial charge on any atom is -0.454 e. The molecule has 5 heteroatoms. The van der Waals surface area contributed by atoms with Crippen molar-refractivity contribution in [1.29, 1.82) is 0 Å². The van der Waals surface area contributed by atoms with Gasteiger partial charge in [0.25, 0.3) is 0 Å². The number of nitrogens with zero attached hydrogens (tertiary/aromatic N) is 1. The average Bonchev–Trinajstić information content (AvgIpc) is 3.02. The lowest BCUT2D eigenvalue weighted by molar-refractivity contribution is -0.137. The Bertz CT molecular complexity index is 723. The molecule has 0 aromatic heterocycles. The molecule has 0 bridgehead atoms. The predicted molar refractivity (Wildman–Crippen MR) is 81.7 cm³/mol. The highest BCUT2D eigenvalue weighted by atomic mass is 16.7. The summed E-state index contributed by atoms with van der Waals surface area (Å²) in [6.45, 7) is 0.217. The first-order valence-corrected chi connectivity index (χ1v) is 6.68. The normalized spacial score (nSPS) is 12.9. The van der Waals surface area contributed by atoms with Gasteiger partial charge >= 0.3 is 5.97 Å². The van der Waals surface area contributed by atoms with Crippen LogP contribution in [0.2, 0.25) is 0 Å². The lowest BCUT2D eigenvalue weighted by Crippen LogP contribution is -1.94. The third-order valence-corrected chi connectivity index (χ3v) is 2.95. The molecule has 2 aromatic rings. The van der Waals surface area contributed by atoms with E-state index in [0.717, 1.165) is 11.1 Å². The van der Waals surface area contributed by atoms with E-state index in [-0.39, 0.29) is 6.79 Å². The van der Waals surface area contributed by atoms with Crippen molar-refractivity contribution in [2.45, 2.75) is 0 Å². The highest BCUT2D eigenvalue weighted by molar-refractivity contribution is 5.88. The van der Waals surface area contributed by atoms with E-state index in [9.17, 15) is 4.79 Å². The van der Waals surface area contributed by atoms with Crippen LogP contribution < -0.4 is 9.47 Å². The molecule has 1 heterocycles. The quantitative estimate of drug-likeness (QED) is 0.376. The fourth-order valence-electron chi connectivity index (χ4n) is 1.89. The third kappa shape index (κ3) is 3.52. The molecule has 0 saturated heterocycles. The van der Waals surface area contributed by atoms with Gasteiger partial charge in [0.15, 0.2) is 11.5 Å². The highest BCUT2D eigenvalue weighted by Gasteiger charge is 2.12. The van der Waals surface area contributed by atoms with Gasteiger partial charge in [-0.05, 0) is 29.8 Å². The molecule has 3 rings (SSSR count). The Morgan fingerprint density at radius 3 is 2.73 bits per heavy atom. The van der Waals surface area contributed by atoms with E-state index in [4.69, 9.17) is 14.3 Å². The number of ether oxygens (including phenoxy) is 2. The number of hydrogen-bond donors (Lipinski definition) is 0. The molecule has 22 heavy (non-hydrogen) atoms. The zero-order valence-electron chi connectivity index (χ0n) is 11.6. The van der Waals surface area contributed by atoms with Crippen LogP contribution in [0.25, 0.3) is 6.08 Å². The van der Waals surface area contributed by atoms with Crippen molar-refractivity contribution in [2.75, 3.05) is 6.79 Å². The molecule has 0 amide bonds. The SMILES string of the molecule is O=C(C=Cc1ccccc1)ON=Cc1ccc2c(c1)OCO2. The molecule has 0 fully saturated rings. The first-order chi connectivity index (χ1) is 10.8. The maximum absolute atomic E-state index is 11.5. The van der Waals surface area contributed by atoms with Crippen LogP contribution in [0.5, 0.6) is 11.5 Å². The summed E-state index contributed by atoms with van der Waals surface area (Å²) in [5.41, 5.74) is 1.67. The van der Waals surface area contributed by atoms with Crippen molar-refractivity contribution in [1.82, 2.24) is 0 Å². The van der Waals surface area contributed by atoms with Gasteiger partial charge in [-0.15, -0.1) is 0 Å². The van der Waals surface area contributed by atoms with E-state index >= 15 is 0 Å². The second kappa shape index (κ2) is 6.58. The molecule has 0 atom stereocenters. The van der Waals surface area contributed by atoms with E-state index in [2.05, 4.69) is 5.16 Å². The lowest BCUT2D eigenvalue weighted by atomic mass is 10.2. The summed E-state index contributed by atoms with van der Waals surface area (Å²) in [6, 6.07) is 14.8. The van der Waals surface area contributed by atoms with Gasteiger partial charge in [0, 0.05) is 11.6 Å². The van der Waals surface area contributed by atoms with Crippen LogP contribution in [0, 0.1) is 0 Å². The van der Waals surface area contributed by atoms with Crippen LogP contribution in [-0.2, 0) is 9.63 Å². The number of fused-ring (bicyclic) bond motifs is 1. The fraction of sp³-hybridized carbons (Fsp3) is 0.0588. The van der Waals surface area contributed by atoms with Gasteiger partial charge in [-0.3, -0.25) is 0 Å². The van der Waals surface area contributed by atoms with Gasteiger partial charge in [0.2, 0.25) is 6.79 Å². The summed E-state index contributed by atoms with van der Waals surface area (Å²) in [5, 5.41) is 3.66. The maximum atomic E-state index is 11.5. The van der Waals surface area contributed by atoms with Crippen LogP contribution in [0.4, 0.5) is 0 Å². The third-order valence-electron chi connectivity index (χ3n) is 2.95. The molecule has 5 nitrogen and oxygen atoms in total. The van der Waals surface area contributed by atoms with Crippen LogP contribution in [-0.4, -0.2) is 19.0 Å². The van der Waals surface area contributed by atoms with Crippen molar-refractivity contribution in [2.24, 2.45) is 5.16 Å². The molecule has 0 radical (unpaired) electrons. The molecule has 0 spiro atoms. The van der Waals surface area contributed by atoms with Crippen molar-refractivity contribution < 1.29 is 19.1 Å². The van der Waals surface area contributed by atoms with E-state index < -0.39 is 5.97 Å². The number of hydrogen-bond acceptors (Lipinski definition) is 5. The Morgan fingerprint density at radius 1 is 1.05 bits per heavy atom. The monoisotopic (exact) mass is 295 g/mol. The van der Waals surface area contributed by atoms with Crippen molar-refractivity contribution >= 4 is 18.3 Å². The molecule has 0 aliphatic carbocycles. The topological polar surface area (TPSA) is 57.1 Å². The number of carbonyl (C=O) groups is 1. The summed E-state index contributed by atoms with van der Waals surface area (Å²) in [6.07, 6.45) is 4.43. The number of carbonyl (C=O) groups excluding carboxylic acids is 1. The van der Waals surface area contributed by atoms with Crippen molar-refractivity contribution in [3.63, 3.8) is 0 Å². The van der Waals surface area contributed by atoms with Gasteiger partial charge in [0.1, 0.15) is 0 Å². The number of benzene rings is 2. The molecule has 0 N–H and O–H groups in total. The van der Waals surface area contributed by atoms with Gasteiger partial charge in [0.05, 0.1) is 6.21 Å². The van der Waals surface area contributed by atoms with Crippen molar-refractivity contribution in [3.05, 3.63) is 65.7 Å². The zero-order valence-corrected chi connectivity index (χ0v) is 11.6. The molecular formula is C17H13NO4. The maximum Gasteiger partial charge on any atom is 0.358 e. The minimum atomic E-state index is -0.541. The summed E-state index contributed by atoms with van der Waals surface area (Å²) in [4.78, 5) is 16.3. The van der Waals surface area contributed by atoms with Crippen LogP contribution in [0.15, 0.2) is 59.8 Å². The first kappa shape index (κ1) is 13.9. The molecular weight excluding hydrogens is 282 g/mol. The second-order valence-corrected chi connectivity index (χ2v) is 4.50. The van der Waals surface area contributed by atoms with Gasteiger partial charge < -0.3 is 14.3 Å². The molecule has 0 saturated carbocycles. The summed E-state index contributed by atoms with van der Waals surface area (Å²) in [5.74, 6) is 0.806. The van der Waals surface area contributed by atoms with Crippen molar-refractivity contribution in [3.8, 4) is 11.5 Å². The van der Waals surface area contributed by atoms with Crippen LogP contribution in [0.3, 0.4) is 0 Å². The largest absolute Gasteiger partial charge is 0.454 e. The molecule has 1 aliphatic heterocycles. The van der Waals surface area contributed by atoms with Gasteiger partial charge in [-0.25, -0.2) is 4.79 Å². The standard InChI is InChI=1S/C17H13NO4/c19-17(9-7-13-4-2-1-3-5-13)22-18-11-14-6-8-15-16(10-14)21-12-20-15/h1-11H,12H2. The highest BCUT2D eigenvalue weighted by Crippen LogP contribution is 2.31. The summed E-state index contributed by atoms with van der Waals surface area (Å²) >= 11 is 0. The second-order valence-electron chi connectivity index (χ2n) is 4.50. The lowest BCUT2D eigenvalue weighted by Gasteiger charge is -1.97. The molecule has 0 unspecified atom stereocenters. The van der Waals surface area contributed by atoms with Gasteiger partial charge in [-0.2, -0.15) is 0 Å². The zero-order chi connectivity index (χ0) is 15.2. The number of oxime groups is 1. The van der Waals surface area contributed by atoms with Gasteiger partial charge in [-0.1, -0.05) is 35.5 Å².